The molecule has 0 fully saturated rings. The van der Waals surface area contributed by atoms with Crippen molar-refractivity contribution < 1.29 is 4.79 Å². The lowest BCUT2D eigenvalue weighted by Crippen LogP contribution is -2.24. The van der Waals surface area contributed by atoms with E-state index >= 15 is 0 Å². The van der Waals surface area contributed by atoms with Crippen LogP contribution in [0.2, 0.25) is 0 Å². The number of anilines is 1. The molecule has 18 heavy (non-hydrogen) atoms. The largest absolute Gasteiger partial charge is 0.385 e. The van der Waals surface area contributed by atoms with Gasteiger partial charge < -0.3 is 15.6 Å². The van der Waals surface area contributed by atoms with Crippen molar-refractivity contribution in [1.82, 2.24) is 15.3 Å². The summed E-state index contributed by atoms with van der Waals surface area (Å²) in [6.07, 6.45) is 3.28. The summed E-state index contributed by atoms with van der Waals surface area (Å²) in [7, 11) is 0. The number of imidazole rings is 1. The fraction of sp³-hybridized carbons (Fsp3) is 0.231. The number of nitrogens with zero attached hydrogens (tertiary/aromatic N) is 1. The second-order valence-electron chi connectivity index (χ2n) is 3.84. The second kappa shape index (κ2) is 5.86. The molecule has 2 aromatic rings. The van der Waals surface area contributed by atoms with Crippen LogP contribution in [-0.2, 0) is 6.54 Å². The summed E-state index contributed by atoms with van der Waals surface area (Å²) >= 11 is 0. The highest BCUT2D eigenvalue weighted by Gasteiger charge is 2.09. The molecule has 0 unspecified atom stereocenters. The molecule has 0 saturated carbocycles. The molecular formula is C13H16N4O. The molecule has 5 heteroatoms. The van der Waals surface area contributed by atoms with Gasteiger partial charge in [-0.25, -0.2) is 4.98 Å². The van der Waals surface area contributed by atoms with Gasteiger partial charge in [-0.1, -0.05) is 12.1 Å². The van der Waals surface area contributed by atoms with E-state index in [1.807, 2.05) is 25.1 Å². The Balaban J connectivity index is 2.04. The maximum absolute atomic E-state index is 12.1. The molecule has 0 aliphatic heterocycles. The summed E-state index contributed by atoms with van der Waals surface area (Å²) in [6, 6.07) is 7.46. The van der Waals surface area contributed by atoms with Crippen LogP contribution in [0, 0.1) is 0 Å². The molecule has 2 rings (SSSR count). The number of benzene rings is 1. The van der Waals surface area contributed by atoms with Gasteiger partial charge >= 0.3 is 0 Å². The predicted octanol–water partition coefficient (Wildman–Crippen LogP) is 1.77. The van der Waals surface area contributed by atoms with Crippen molar-refractivity contribution in [3.63, 3.8) is 0 Å². The number of carbonyl (C=O) groups is 1. The van der Waals surface area contributed by atoms with Gasteiger partial charge in [-0.05, 0) is 19.1 Å². The molecule has 0 radical (unpaired) electrons. The SMILES string of the molecule is CCNc1ccccc1C(=O)NCc1cnc[nH]1. The number of aromatic nitrogens is 2. The van der Waals surface area contributed by atoms with Crippen molar-refractivity contribution >= 4 is 11.6 Å². The highest BCUT2D eigenvalue weighted by Crippen LogP contribution is 2.14. The van der Waals surface area contributed by atoms with Gasteiger partial charge in [-0.15, -0.1) is 0 Å². The van der Waals surface area contributed by atoms with Crippen LogP contribution in [0.25, 0.3) is 0 Å². The molecule has 0 spiro atoms. The van der Waals surface area contributed by atoms with E-state index in [4.69, 9.17) is 0 Å². The van der Waals surface area contributed by atoms with Crippen molar-refractivity contribution in [3.8, 4) is 0 Å². The minimum atomic E-state index is -0.0962. The van der Waals surface area contributed by atoms with E-state index in [0.29, 0.717) is 12.1 Å². The monoisotopic (exact) mass is 244 g/mol. The Morgan fingerprint density at radius 1 is 1.39 bits per heavy atom. The minimum Gasteiger partial charge on any atom is -0.385 e. The Labute approximate surface area is 106 Å². The zero-order valence-electron chi connectivity index (χ0n) is 10.2. The smallest absolute Gasteiger partial charge is 0.253 e. The van der Waals surface area contributed by atoms with Crippen LogP contribution >= 0.6 is 0 Å². The number of H-pyrrole nitrogens is 1. The molecule has 0 bridgehead atoms. The minimum absolute atomic E-state index is 0.0962. The van der Waals surface area contributed by atoms with Crippen LogP contribution in [0.1, 0.15) is 23.0 Å². The lowest BCUT2D eigenvalue weighted by Gasteiger charge is -2.10. The quantitative estimate of drug-likeness (QED) is 0.750. The Morgan fingerprint density at radius 3 is 2.94 bits per heavy atom. The molecule has 5 nitrogen and oxygen atoms in total. The molecule has 1 aromatic heterocycles. The second-order valence-corrected chi connectivity index (χ2v) is 3.84. The summed E-state index contributed by atoms with van der Waals surface area (Å²) in [5, 5.41) is 6.02. The molecule has 1 heterocycles. The zero-order chi connectivity index (χ0) is 12.8. The first-order valence-electron chi connectivity index (χ1n) is 5.89. The Morgan fingerprint density at radius 2 is 2.22 bits per heavy atom. The van der Waals surface area contributed by atoms with Gasteiger partial charge in [-0.3, -0.25) is 4.79 Å². The highest BCUT2D eigenvalue weighted by atomic mass is 16.1. The Kier molecular flexibility index (Phi) is 3.96. The Hall–Kier alpha value is -2.30. The molecule has 0 aliphatic carbocycles. The first kappa shape index (κ1) is 12.2. The van der Waals surface area contributed by atoms with E-state index in [2.05, 4.69) is 20.6 Å². The van der Waals surface area contributed by atoms with Crippen LogP contribution in [0.5, 0.6) is 0 Å². The van der Waals surface area contributed by atoms with Gasteiger partial charge in [0.25, 0.3) is 5.91 Å². The fourth-order valence-corrected chi connectivity index (χ4v) is 1.68. The van der Waals surface area contributed by atoms with Crippen LogP contribution in [-0.4, -0.2) is 22.4 Å². The topological polar surface area (TPSA) is 69.8 Å². The van der Waals surface area contributed by atoms with Crippen molar-refractivity contribution in [2.45, 2.75) is 13.5 Å². The van der Waals surface area contributed by atoms with E-state index in [0.717, 1.165) is 17.9 Å². The molecule has 3 N–H and O–H groups in total. The predicted molar refractivity (Wildman–Crippen MR) is 70.4 cm³/mol. The normalized spacial score (nSPS) is 10.1. The summed E-state index contributed by atoms with van der Waals surface area (Å²) < 4.78 is 0. The third-order valence-corrected chi connectivity index (χ3v) is 2.53. The summed E-state index contributed by atoms with van der Waals surface area (Å²) in [5.74, 6) is -0.0962. The van der Waals surface area contributed by atoms with Crippen LogP contribution in [0.15, 0.2) is 36.8 Å². The average Bonchev–Trinajstić information content (AvgIpc) is 2.90. The van der Waals surface area contributed by atoms with Crippen LogP contribution in [0.4, 0.5) is 5.69 Å². The number of rotatable bonds is 5. The molecule has 0 atom stereocenters. The number of nitrogens with one attached hydrogen (secondary N) is 3. The lowest BCUT2D eigenvalue weighted by atomic mass is 10.1. The fourth-order valence-electron chi connectivity index (χ4n) is 1.68. The van der Waals surface area contributed by atoms with E-state index in [9.17, 15) is 4.79 Å². The van der Waals surface area contributed by atoms with E-state index in [1.54, 1.807) is 18.6 Å². The number of para-hydroxylation sites is 1. The third kappa shape index (κ3) is 2.88. The van der Waals surface area contributed by atoms with E-state index in [1.165, 1.54) is 0 Å². The molecular weight excluding hydrogens is 228 g/mol. The number of carbonyl (C=O) groups excluding carboxylic acids is 1. The van der Waals surface area contributed by atoms with Gasteiger partial charge in [0, 0.05) is 18.4 Å². The maximum atomic E-state index is 12.1. The van der Waals surface area contributed by atoms with Gasteiger partial charge in [0.2, 0.25) is 0 Å². The Bertz CT molecular complexity index is 507. The number of hydrogen-bond acceptors (Lipinski definition) is 3. The third-order valence-electron chi connectivity index (χ3n) is 2.53. The molecule has 1 aromatic carbocycles. The van der Waals surface area contributed by atoms with Gasteiger partial charge in [0.15, 0.2) is 0 Å². The van der Waals surface area contributed by atoms with Crippen molar-refractivity contribution in [1.29, 1.82) is 0 Å². The van der Waals surface area contributed by atoms with Crippen LogP contribution < -0.4 is 10.6 Å². The summed E-state index contributed by atoms with van der Waals surface area (Å²) in [5.41, 5.74) is 2.38. The van der Waals surface area contributed by atoms with Gasteiger partial charge in [0.1, 0.15) is 0 Å². The standard InChI is InChI=1S/C13H16N4O/c1-2-15-12-6-4-3-5-11(12)13(18)16-8-10-7-14-9-17-10/h3-7,9,15H,2,8H2,1H3,(H,14,17)(H,16,18). The van der Waals surface area contributed by atoms with Gasteiger partial charge in [0.05, 0.1) is 24.1 Å². The van der Waals surface area contributed by atoms with Crippen molar-refractivity contribution in [3.05, 3.63) is 48.0 Å². The average molecular weight is 244 g/mol. The summed E-state index contributed by atoms with van der Waals surface area (Å²) in [4.78, 5) is 18.9. The number of aromatic amines is 1. The van der Waals surface area contributed by atoms with E-state index in [-0.39, 0.29) is 5.91 Å². The molecule has 0 saturated heterocycles. The lowest BCUT2D eigenvalue weighted by molar-refractivity contribution is 0.0951. The first-order valence-corrected chi connectivity index (χ1v) is 5.89. The zero-order valence-corrected chi connectivity index (χ0v) is 10.2. The maximum Gasteiger partial charge on any atom is 0.253 e. The molecule has 0 aliphatic rings. The van der Waals surface area contributed by atoms with Crippen molar-refractivity contribution in [2.75, 3.05) is 11.9 Å². The van der Waals surface area contributed by atoms with Crippen LogP contribution in [0.3, 0.4) is 0 Å². The van der Waals surface area contributed by atoms with E-state index < -0.39 is 0 Å². The molecule has 94 valence electrons. The van der Waals surface area contributed by atoms with Crippen molar-refractivity contribution in [2.24, 2.45) is 0 Å². The summed E-state index contributed by atoms with van der Waals surface area (Å²) in [6.45, 7) is 3.23. The first-order chi connectivity index (χ1) is 8.81. The molecule has 1 amide bonds. The van der Waals surface area contributed by atoms with Gasteiger partial charge in [-0.2, -0.15) is 0 Å². The number of amides is 1. The number of hydrogen-bond donors (Lipinski definition) is 3. The highest BCUT2D eigenvalue weighted by molar-refractivity contribution is 5.99.